The maximum atomic E-state index is 5.96. The van der Waals surface area contributed by atoms with Crippen LogP contribution in [0.25, 0.3) is 0 Å². The number of hydrogen-bond acceptors (Lipinski definition) is 3. The molecule has 0 saturated carbocycles. The van der Waals surface area contributed by atoms with E-state index in [0.29, 0.717) is 5.88 Å². The largest absolute Gasteiger partial charge is 0.481 e. The second kappa shape index (κ2) is 4.42. The van der Waals surface area contributed by atoms with E-state index in [1.807, 2.05) is 19.9 Å². The fourth-order valence-corrected chi connectivity index (χ4v) is 1.08. The van der Waals surface area contributed by atoms with Crippen molar-refractivity contribution in [3.8, 4) is 5.88 Å². The van der Waals surface area contributed by atoms with Crippen molar-refractivity contribution in [3.63, 3.8) is 0 Å². The highest BCUT2D eigenvalue weighted by Crippen LogP contribution is 2.22. The third kappa shape index (κ3) is 2.56. The lowest BCUT2D eigenvalue weighted by Crippen LogP contribution is -2.07. The maximum Gasteiger partial charge on any atom is 0.216 e. The SMILES string of the molecule is COc1cc(C(C)C(C)Cl)ncn1. The van der Waals surface area contributed by atoms with Gasteiger partial charge in [0.15, 0.2) is 0 Å². The van der Waals surface area contributed by atoms with Crippen LogP contribution in [0.1, 0.15) is 25.5 Å². The van der Waals surface area contributed by atoms with Crippen molar-refractivity contribution in [2.24, 2.45) is 0 Å². The molecule has 0 aliphatic heterocycles. The molecule has 0 bridgehead atoms. The van der Waals surface area contributed by atoms with Crippen LogP contribution in [0.5, 0.6) is 5.88 Å². The molecule has 0 aromatic carbocycles. The molecule has 0 saturated heterocycles. The summed E-state index contributed by atoms with van der Waals surface area (Å²) in [6.45, 7) is 3.97. The van der Waals surface area contributed by atoms with Crippen LogP contribution in [0.2, 0.25) is 0 Å². The third-order valence-corrected chi connectivity index (χ3v) is 2.41. The van der Waals surface area contributed by atoms with E-state index >= 15 is 0 Å². The van der Waals surface area contributed by atoms with Gasteiger partial charge in [-0.05, 0) is 6.92 Å². The fourth-order valence-electron chi connectivity index (χ4n) is 0.949. The number of alkyl halides is 1. The minimum Gasteiger partial charge on any atom is -0.481 e. The van der Waals surface area contributed by atoms with Gasteiger partial charge in [0.2, 0.25) is 5.88 Å². The van der Waals surface area contributed by atoms with Gasteiger partial charge >= 0.3 is 0 Å². The molecule has 13 heavy (non-hydrogen) atoms. The van der Waals surface area contributed by atoms with Crippen LogP contribution >= 0.6 is 11.6 Å². The van der Waals surface area contributed by atoms with Crippen molar-refractivity contribution < 1.29 is 4.74 Å². The number of ether oxygens (including phenoxy) is 1. The molecule has 72 valence electrons. The molecule has 1 aromatic heterocycles. The molecular weight excluding hydrogens is 188 g/mol. The van der Waals surface area contributed by atoms with Gasteiger partial charge in [-0.15, -0.1) is 11.6 Å². The summed E-state index contributed by atoms with van der Waals surface area (Å²) in [4.78, 5) is 8.06. The topological polar surface area (TPSA) is 35.0 Å². The lowest BCUT2D eigenvalue weighted by molar-refractivity contribution is 0.395. The van der Waals surface area contributed by atoms with Crippen LogP contribution in [0.3, 0.4) is 0 Å². The van der Waals surface area contributed by atoms with Crippen molar-refractivity contribution in [3.05, 3.63) is 18.1 Å². The van der Waals surface area contributed by atoms with Gasteiger partial charge in [-0.2, -0.15) is 0 Å². The summed E-state index contributed by atoms with van der Waals surface area (Å²) in [5, 5.41) is 0.0552. The normalized spacial score (nSPS) is 15.1. The van der Waals surface area contributed by atoms with Crippen molar-refractivity contribution in [1.29, 1.82) is 0 Å². The Bertz CT molecular complexity index is 278. The number of rotatable bonds is 3. The molecule has 2 unspecified atom stereocenters. The molecule has 3 nitrogen and oxygen atoms in total. The molecule has 0 fully saturated rings. The molecule has 4 heteroatoms. The first-order valence-corrected chi connectivity index (χ1v) is 4.58. The summed E-state index contributed by atoms with van der Waals surface area (Å²) in [7, 11) is 1.58. The van der Waals surface area contributed by atoms with Crippen LogP contribution in [-0.4, -0.2) is 22.5 Å². The van der Waals surface area contributed by atoms with Crippen LogP contribution in [-0.2, 0) is 0 Å². The molecule has 0 aliphatic carbocycles. The van der Waals surface area contributed by atoms with Gasteiger partial charge in [0.1, 0.15) is 6.33 Å². The van der Waals surface area contributed by atoms with E-state index < -0.39 is 0 Å². The fraction of sp³-hybridized carbons (Fsp3) is 0.556. The predicted octanol–water partition coefficient (Wildman–Crippen LogP) is 2.22. The van der Waals surface area contributed by atoms with E-state index in [4.69, 9.17) is 16.3 Å². The van der Waals surface area contributed by atoms with E-state index in [1.54, 1.807) is 7.11 Å². The molecule has 1 heterocycles. The van der Waals surface area contributed by atoms with Gasteiger partial charge < -0.3 is 4.74 Å². The van der Waals surface area contributed by atoms with Gasteiger partial charge in [0.05, 0.1) is 12.8 Å². The molecular formula is C9H13ClN2O. The van der Waals surface area contributed by atoms with E-state index in [1.165, 1.54) is 6.33 Å². The monoisotopic (exact) mass is 200 g/mol. The van der Waals surface area contributed by atoms with Gasteiger partial charge in [0, 0.05) is 17.4 Å². The average Bonchev–Trinajstić information content (AvgIpc) is 2.16. The number of aromatic nitrogens is 2. The smallest absolute Gasteiger partial charge is 0.216 e. The van der Waals surface area contributed by atoms with E-state index in [-0.39, 0.29) is 11.3 Å². The molecule has 0 N–H and O–H groups in total. The van der Waals surface area contributed by atoms with Gasteiger partial charge in [-0.3, -0.25) is 0 Å². The van der Waals surface area contributed by atoms with Crippen molar-refractivity contribution >= 4 is 11.6 Å². The quantitative estimate of drug-likeness (QED) is 0.702. The average molecular weight is 201 g/mol. The van der Waals surface area contributed by atoms with Crippen molar-refractivity contribution in [1.82, 2.24) is 9.97 Å². The first-order chi connectivity index (χ1) is 6.15. The van der Waals surface area contributed by atoms with Gasteiger partial charge in [0.25, 0.3) is 0 Å². The first kappa shape index (κ1) is 10.3. The Morgan fingerprint density at radius 2 is 2.08 bits per heavy atom. The molecule has 2 atom stereocenters. The molecule has 1 rings (SSSR count). The zero-order valence-electron chi connectivity index (χ0n) is 7.99. The molecule has 1 aromatic rings. The lowest BCUT2D eigenvalue weighted by atomic mass is 10.0. The second-order valence-corrected chi connectivity index (χ2v) is 3.64. The molecule has 0 radical (unpaired) electrons. The Hall–Kier alpha value is -0.830. The van der Waals surface area contributed by atoms with E-state index in [9.17, 15) is 0 Å². The minimum absolute atomic E-state index is 0.0552. The zero-order chi connectivity index (χ0) is 9.84. The first-order valence-electron chi connectivity index (χ1n) is 4.15. The van der Waals surface area contributed by atoms with Crippen molar-refractivity contribution in [2.75, 3.05) is 7.11 Å². The highest BCUT2D eigenvalue weighted by molar-refractivity contribution is 6.20. The lowest BCUT2D eigenvalue weighted by Gasteiger charge is -2.12. The molecule has 0 amide bonds. The summed E-state index contributed by atoms with van der Waals surface area (Å²) in [5.41, 5.74) is 0.911. The van der Waals surface area contributed by atoms with Crippen LogP contribution in [0.15, 0.2) is 12.4 Å². The summed E-state index contributed by atoms with van der Waals surface area (Å²) in [6, 6.07) is 1.81. The Morgan fingerprint density at radius 1 is 1.38 bits per heavy atom. The number of hydrogen-bond donors (Lipinski definition) is 0. The van der Waals surface area contributed by atoms with E-state index in [2.05, 4.69) is 9.97 Å². The summed E-state index contributed by atoms with van der Waals surface area (Å²) in [5.74, 6) is 0.785. The Labute approximate surface area is 83.1 Å². The Balaban J connectivity index is 2.88. The summed E-state index contributed by atoms with van der Waals surface area (Å²) < 4.78 is 4.99. The highest BCUT2D eigenvalue weighted by Gasteiger charge is 2.13. The minimum atomic E-state index is 0.0552. The van der Waals surface area contributed by atoms with Crippen LogP contribution < -0.4 is 4.74 Å². The molecule has 0 aliphatic rings. The second-order valence-electron chi connectivity index (χ2n) is 2.95. The maximum absolute atomic E-state index is 5.96. The van der Waals surface area contributed by atoms with Gasteiger partial charge in [-0.25, -0.2) is 9.97 Å². The highest BCUT2D eigenvalue weighted by atomic mass is 35.5. The molecule has 0 spiro atoms. The van der Waals surface area contributed by atoms with Crippen LogP contribution in [0, 0.1) is 0 Å². The summed E-state index contributed by atoms with van der Waals surface area (Å²) in [6.07, 6.45) is 1.49. The number of halogens is 1. The third-order valence-electron chi connectivity index (χ3n) is 2.03. The Morgan fingerprint density at radius 3 is 2.62 bits per heavy atom. The zero-order valence-corrected chi connectivity index (χ0v) is 8.75. The predicted molar refractivity (Wildman–Crippen MR) is 52.3 cm³/mol. The number of nitrogens with zero attached hydrogens (tertiary/aromatic N) is 2. The summed E-state index contributed by atoms with van der Waals surface area (Å²) >= 11 is 5.96. The van der Waals surface area contributed by atoms with E-state index in [0.717, 1.165) is 5.69 Å². The van der Waals surface area contributed by atoms with Gasteiger partial charge in [-0.1, -0.05) is 6.92 Å². The Kier molecular flexibility index (Phi) is 3.48. The number of methoxy groups -OCH3 is 1. The standard InChI is InChI=1S/C9H13ClN2O/c1-6(7(2)10)8-4-9(13-3)12-5-11-8/h4-7H,1-3H3. The van der Waals surface area contributed by atoms with Crippen molar-refractivity contribution in [2.45, 2.75) is 25.1 Å². The van der Waals surface area contributed by atoms with Crippen LogP contribution in [0.4, 0.5) is 0 Å².